The number of piperidine rings is 1. The molecule has 0 unspecified atom stereocenters. The van der Waals surface area contributed by atoms with Crippen LogP contribution in [0.5, 0.6) is 0 Å². The van der Waals surface area contributed by atoms with Crippen LogP contribution >= 0.6 is 36.2 Å². The molecule has 6 nitrogen and oxygen atoms in total. The van der Waals surface area contributed by atoms with Gasteiger partial charge in [-0.25, -0.2) is 4.98 Å². The van der Waals surface area contributed by atoms with Crippen LogP contribution in [0.4, 0.5) is 0 Å². The number of amides is 1. The number of aryl methyl sites for hydroxylation is 1. The maximum Gasteiger partial charge on any atom is 0.261 e. The third-order valence-electron chi connectivity index (χ3n) is 6.12. The van der Waals surface area contributed by atoms with Gasteiger partial charge in [0, 0.05) is 23.8 Å². The lowest BCUT2D eigenvalue weighted by molar-refractivity contribution is -0.0771. The monoisotopic (exact) mass is 494 g/mol. The minimum atomic E-state index is -0.201. The second-order valence-corrected chi connectivity index (χ2v) is 9.02. The molecule has 172 valence electrons. The molecule has 3 aromatic rings. The Morgan fingerprint density at radius 2 is 2.06 bits per heavy atom. The van der Waals surface area contributed by atoms with Crippen molar-refractivity contribution in [3.05, 3.63) is 69.4 Å². The molecule has 2 aliphatic heterocycles. The number of thiophene rings is 1. The Morgan fingerprint density at radius 3 is 2.81 bits per heavy atom. The minimum absolute atomic E-state index is 0. The van der Waals surface area contributed by atoms with Gasteiger partial charge >= 0.3 is 0 Å². The first-order valence-electron chi connectivity index (χ1n) is 10.5. The number of imidazole rings is 1. The van der Waals surface area contributed by atoms with Crippen LogP contribution in [0, 0.1) is 6.92 Å². The number of nitrogens with one attached hydrogen (secondary N) is 2. The quantitative estimate of drug-likeness (QED) is 0.570. The average Bonchev–Trinajstić information content (AvgIpc) is 3.40. The Morgan fingerprint density at radius 1 is 1.28 bits per heavy atom. The van der Waals surface area contributed by atoms with Crippen LogP contribution in [0.3, 0.4) is 0 Å². The highest BCUT2D eigenvalue weighted by Crippen LogP contribution is 2.44. The molecule has 1 saturated heterocycles. The first-order chi connectivity index (χ1) is 14.7. The number of ether oxygens (including phenoxy) is 1. The molecule has 2 aliphatic rings. The van der Waals surface area contributed by atoms with Crippen LogP contribution in [0.1, 0.15) is 44.3 Å². The molecule has 1 fully saturated rings. The SMILES string of the molecule is Cc1nccn1-c1ccccc1CNC(=O)c1cc2c(s1)C1(CCNCC1)OCC2.Cl.Cl. The minimum Gasteiger partial charge on any atom is -0.369 e. The van der Waals surface area contributed by atoms with E-state index in [4.69, 9.17) is 4.74 Å². The molecule has 9 heteroatoms. The summed E-state index contributed by atoms with van der Waals surface area (Å²) in [6.07, 6.45) is 6.57. The summed E-state index contributed by atoms with van der Waals surface area (Å²) in [5.74, 6) is 0.905. The standard InChI is InChI=1S/C23H26N4O2S.2ClH/c1-16-25-11-12-27(16)19-5-3-2-4-18(19)15-26-22(28)20-14-17-6-13-29-23(21(17)30-20)7-9-24-10-8-23;;/h2-5,11-12,14,24H,6-10,13,15H2,1H3,(H,26,28);2*1H. The molecule has 0 atom stereocenters. The van der Waals surface area contributed by atoms with E-state index in [1.54, 1.807) is 17.5 Å². The number of halogens is 2. The Bertz CT molecular complexity index is 1080. The van der Waals surface area contributed by atoms with E-state index in [-0.39, 0.29) is 36.3 Å². The normalized spacial score (nSPS) is 16.5. The predicted octanol–water partition coefficient (Wildman–Crippen LogP) is 4.17. The number of rotatable bonds is 4. The second-order valence-electron chi connectivity index (χ2n) is 7.96. The van der Waals surface area contributed by atoms with E-state index in [0.29, 0.717) is 6.54 Å². The first-order valence-corrected chi connectivity index (χ1v) is 11.3. The Kier molecular flexibility index (Phi) is 8.01. The van der Waals surface area contributed by atoms with E-state index in [2.05, 4.69) is 27.8 Å². The van der Waals surface area contributed by atoms with Gasteiger partial charge in [0.15, 0.2) is 0 Å². The van der Waals surface area contributed by atoms with Crippen LogP contribution in [-0.4, -0.2) is 35.2 Å². The summed E-state index contributed by atoms with van der Waals surface area (Å²) in [6, 6.07) is 10.2. The average molecular weight is 495 g/mol. The Balaban J connectivity index is 0.00000144. The number of benzene rings is 1. The van der Waals surface area contributed by atoms with Gasteiger partial charge in [0.1, 0.15) is 11.4 Å². The van der Waals surface area contributed by atoms with Crippen molar-refractivity contribution in [1.29, 1.82) is 0 Å². The highest BCUT2D eigenvalue weighted by molar-refractivity contribution is 7.14. The van der Waals surface area contributed by atoms with Crippen molar-refractivity contribution in [1.82, 2.24) is 20.2 Å². The lowest BCUT2D eigenvalue weighted by atomic mass is 9.86. The number of carbonyl (C=O) groups is 1. The van der Waals surface area contributed by atoms with Crippen LogP contribution in [0.15, 0.2) is 42.7 Å². The van der Waals surface area contributed by atoms with Gasteiger partial charge < -0.3 is 19.9 Å². The highest BCUT2D eigenvalue weighted by Gasteiger charge is 2.41. The Labute approximate surface area is 204 Å². The lowest BCUT2D eigenvalue weighted by Gasteiger charge is -2.40. The van der Waals surface area contributed by atoms with Crippen molar-refractivity contribution in [3.63, 3.8) is 0 Å². The van der Waals surface area contributed by atoms with E-state index >= 15 is 0 Å². The van der Waals surface area contributed by atoms with Gasteiger partial charge in [0.05, 0.1) is 17.2 Å². The van der Waals surface area contributed by atoms with Crippen molar-refractivity contribution in [2.45, 2.75) is 38.3 Å². The van der Waals surface area contributed by atoms with Gasteiger partial charge in [-0.05, 0) is 62.5 Å². The maximum atomic E-state index is 13.0. The number of para-hydroxylation sites is 1. The van der Waals surface area contributed by atoms with Crippen LogP contribution in [0.2, 0.25) is 0 Å². The molecule has 5 rings (SSSR count). The third-order valence-corrected chi connectivity index (χ3v) is 7.49. The van der Waals surface area contributed by atoms with Gasteiger partial charge in [-0.3, -0.25) is 4.79 Å². The molecule has 0 bridgehead atoms. The van der Waals surface area contributed by atoms with E-state index in [9.17, 15) is 4.79 Å². The van der Waals surface area contributed by atoms with E-state index in [1.165, 1.54) is 10.4 Å². The molecule has 0 radical (unpaired) electrons. The summed E-state index contributed by atoms with van der Waals surface area (Å²) >= 11 is 1.61. The summed E-state index contributed by atoms with van der Waals surface area (Å²) in [5.41, 5.74) is 3.19. The van der Waals surface area contributed by atoms with Crippen LogP contribution in [0.25, 0.3) is 5.69 Å². The molecule has 2 N–H and O–H groups in total. The van der Waals surface area contributed by atoms with Gasteiger partial charge in [-0.1, -0.05) is 18.2 Å². The zero-order valence-electron chi connectivity index (χ0n) is 17.9. The van der Waals surface area contributed by atoms with Gasteiger partial charge in [-0.15, -0.1) is 36.2 Å². The summed E-state index contributed by atoms with van der Waals surface area (Å²) in [4.78, 5) is 19.4. The van der Waals surface area contributed by atoms with Crippen LogP contribution < -0.4 is 10.6 Å². The smallest absolute Gasteiger partial charge is 0.261 e. The number of aromatic nitrogens is 2. The molecule has 0 aliphatic carbocycles. The zero-order valence-corrected chi connectivity index (χ0v) is 20.4. The lowest BCUT2D eigenvalue weighted by Crippen LogP contribution is -2.43. The number of hydrogen-bond acceptors (Lipinski definition) is 5. The topological polar surface area (TPSA) is 68.2 Å². The fourth-order valence-corrected chi connectivity index (χ4v) is 5.85. The summed E-state index contributed by atoms with van der Waals surface area (Å²) in [7, 11) is 0. The number of carbonyl (C=O) groups excluding carboxylic acids is 1. The molecule has 0 saturated carbocycles. The molecule has 1 amide bonds. The van der Waals surface area contributed by atoms with E-state index < -0.39 is 0 Å². The number of fused-ring (bicyclic) bond motifs is 2. The van der Waals surface area contributed by atoms with Crippen LogP contribution in [-0.2, 0) is 23.3 Å². The second kappa shape index (κ2) is 10.4. The molecule has 2 aromatic heterocycles. The highest BCUT2D eigenvalue weighted by atomic mass is 35.5. The molecule has 1 spiro atoms. The molecular formula is C23H28Cl2N4O2S. The Hall–Kier alpha value is -1.90. The van der Waals surface area contributed by atoms with E-state index in [1.807, 2.05) is 35.9 Å². The summed E-state index contributed by atoms with van der Waals surface area (Å²) in [6.45, 7) is 5.11. The van der Waals surface area contributed by atoms with Crippen molar-refractivity contribution >= 4 is 42.1 Å². The van der Waals surface area contributed by atoms with Crippen molar-refractivity contribution in [2.24, 2.45) is 0 Å². The summed E-state index contributed by atoms with van der Waals surface area (Å²) < 4.78 is 8.30. The fourth-order valence-electron chi connectivity index (χ4n) is 4.53. The van der Waals surface area contributed by atoms with E-state index in [0.717, 1.165) is 60.9 Å². The maximum absolute atomic E-state index is 13.0. The van der Waals surface area contributed by atoms with Crippen molar-refractivity contribution in [3.8, 4) is 5.69 Å². The predicted molar refractivity (Wildman–Crippen MR) is 132 cm³/mol. The summed E-state index contributed by atoms with van der Waals surface area (Å²) in [5, 5.41) is 6.54. The van der Waals surface area contributed by atoms with Gasteiger partial charge in [0.2, 0.25) is 0 Å². The van der Waals surface area contributed by atoms with Gasteiger partial charge in [0.25, 0.3) is 5.91 Å². The third kappa shape index (κ3) is 4.58. The molecular weight excluding hydrogens is 467 g/mol. The first kappa shape index (κ1) is 24.7. The number of nitrogens with zero attached hydrogens (tertiary/aromatic N) is 2. The number of hydrogen-bond donors (Lipinski definition) is 2. The van der Waals surface area contributed by atoms with Gasteiger partial charge in [-0.2, -0.15) is 0 Å². The molecule has 1 aromatic carbocycles. The molecule has 4 heterocycles. The fraction of sp³-hybridized carbons (Fsp3) is 0.391. The van der Waals surface area contributed by atoms with Crippen molar-refractivity contribution in [2.75, 3.05) is 19.7 Å². The largest absolute Gasteiger partial charge is 0.369 e. The van der Waals surface area contributed by atoms with Crippen molar-refractivity contribution < 1.29 is 9.53 Å². The molecule has 32 heavy (non-hydrogen) atoms. The zero-order chi connectivity index (χ0) is 20.6.